The topological polar surface area (TPSA) is 94.4 Å². The summed E-state index contributed by atoms with van der Waals surface area (Å²) in [6.07, 6.45) is 2.82. The van der Waals surface area contributed by atoms with Gasteiger partial charge in [-0.05, 0) is 23.8 Å². The molecule has 3 rings (SSSR count). The standard InChI is InChI=1S/C19H15N3O4S/c1-26-16-7-3-5-14(11-16)17-12-27-19(20-17)21-18(23)9-8-13-4-2-6-15(10-13)22(24)25/h2-12H,1H3,(H,20,21,23)/b9-8+. The molecule has 3 aromatic rings. The Balaban J connectivity index is 1.67. The molecule has 0 saturated carbocycles. The summed E-state index contributed by atoms with van der Waals surface area (Å²) in [4.78, 5) is 26.8. The number of anilines is 1. The van der Waals surface area contributed by atoms with Gasteiger partial charge in [-0.1, -0.05) is 24.3 Å². The molecule has 0 unspecified atom stereocenters. The van der Waals surface area contributed by atoms with Crippen molar-refractivity contribution >= 4 is 34.1 Å². The Hall–Kier alpha value is -3.52. The summed E-state index contributed by atoms with van der Waals surface area (Å²) in [5, 5.41) is 15.8. The Morgan fingerprint density at radius 1 is 1.26 bits per heavy atom. The Morgan fingerprint density at radius 2 is 2.07 bits per heavy atom. The van der Waals surface area contributed by atoms with E-state index in [1.807, 2.05) is 29.6 Å². The largest absolute Gasteiger partial charge is 0.497 e. The van der Waals surface area contributed by atoms with Gasteiger partial charge in [0, 0.05) is 29.2 Å². The molecule has 7 nitrogen and oxygen atoms in total. The van der Waals surface area contributed by atoms with Gasteiger partial charge in [0.25, 0.3) is 5.69 Å². The number of hydrogen-bond acceptors (Lipinski definition) is 6. The van der Waals surface area contributed by atoms with Gasteiger partial charge in [-0.15, -0.1) is 11.3 Å². The van der Waals surface area contributed by atoms with Crippen LogP contribution in [0.3, 0.4) is 0 Å². The van der Waals surface area contributed by atoms with Gasteiger partial charge in [-0.2, -0.15) is 0 Å². The first-order valence-corrected chi connectivity index (χ1v) is 8.76. The van der Waals surface area contributed by atoms with Crippen molar-refractivity contribution in [2.45, 2.75) is 0 Å². The summed E-state index contributed by atoms with van der Waals surface area (Å²) in [7, 11) is 1.60. The lowest BCUT2D eigenvalue weighted by Crippen LogP contribution is -2.07. The van der Waals surface area contributed by atoms with Crippen LogP contribution < -0.4 is 10.1 Å². The van der Waals surface area contributed by atoms with Gasteiger partial charge < -0.3 is 4.74 Å². The zero-order valence-corrected chi connectivity index (χ0v) is 15.1. The minimum atomic E-state index is -0.479. The maximum atomic E-state index is 12.1. The summed E-state index contributed by atoms with van der Waals surface area (Å²) in [5.74, 6) is 0.360. The monoisotopic (exact) mass is 381 g/mol. The third-order valence-corrected chi connectivity index (χ3v) is 4.37. The number of ether oxygens (including phenoxy) is 1. The number of nitro groups is 1. The van der Waals surface area contributed by atoms with Crippen molar-refractivity contribution in [2.75, 3.05) is 12.4 Å². The van der Waals surface area contributed by atoms with E-state index < -0.39 is 4.92 Å². The predicted octanol–water partition coefficient (Wildman–Crippen LogP) is 4.38. The summed E-state index contributed by atoms with van der Waals surface area (Å²) in [6.45, 7) is 0. The number of hydrogen-bond donors (Lipinski definition) is 1. The lowest BCUT2D eigenvalue weighted by molar-refractivity contribution is -0.384. The first-order chi connectivity index (χ1) is 13.0. The highest BCUT2D eigenvalue weighted by Gasteiger charge is 2.08. The number of nitrogens with one attached hydrogen (secondary N) is 1. The van der Waals surface area contributed by atoms with Gasteiger partial charge >= 0.3 is 0 Å². The van der Waals surface area contributed by atoms with Crippen LogP contribution in [0.4, 0.5) is 10.8 Å². The van der Waals surface area contributed by atoms with Crippen LogP contribution in [-0.2, 0) is 4.79 Å². The molecule has 0 atom stereocenters. The van der Waals surface area contributed by atoms with E-state index in [4.69, 9.17) is 4.74 Å². The summed E-state index contributed by atoms with van der Waals surface area (Å²) >= 11 is 1.31. The fourth-order valence-electron chi connectivity index (χ4n) is 2.31. The normalized spacial score (nSPS) is 10.7. The first kappa shape index (κ1) is 18.3. The lowest BCUT2D eigenvalue weighted by atomic mass is 10.2. The Labute approximate surface area is 159 Å². The van der Waals surface area contributed by atoms with Crippen LogP contribution >= 0.6 is 11.3 Å². The van der Waals surface area contributed by atoms with E-state index >= 15 is 0 Å². The molecule has 0 aliphatic rings. The van der Waals surface area contributed by atoms with Gasteiger partial charge in [0.05, 0.1) is 17.7 Å². The second kappa shape index (κ2) is 8.24. The molecule has 8 heteroatoms. The van der Waals surface area contributed by atoms with Crippen LogP contribution in [-0.4, -0.2) is 22.9 Å². The highest BCUT2D eigenvalue weighted by Crippen LogP contribution is 2.27. The molecule has 0 aliphatic carbocycles. The molecule has 0 radical (unpaired) electrons. The van der Waals surface area contributed by atoms with E-state index in [-0.39, 0.29) is 11.6 Å². The minimum Gasteiger partial charge on any atom is -0.497 e. The summed E-state index contributed by atoms with van der Waals surface area (Å²) in [6, 6.07) is 13.5. The van der Waals surface area contributed by atoms with Crippen LogP contribution in [0.2, 0.25) is 0 Å². The smallest absolute Gasteiger partial charge is 0.270 e. The van der Waals surface area contributed by atoms with Crippen LogP contribution in [0.1, 0.15) is 5.56 Å². The van der Waals surface area contributed by atoms with E-state index in [2.05, 4.69) is 10.3 Å². The summed E-state index contributed by atoms with van der Waals surface area (Å²) in [5.41, 5.74) is 2.16. The van der Waals surface area contributed by atoms with Crippen LogP contribution in [0.5, 0.6) is 5.75 Å². The number of benzene rings is 2. The van der Waals surface area contributed by atoms with Gasteiger partial charge in [0.2, 0.25) is 5.91 Å². The SMILES string of the molecule is COc1cccc(-c2csc(NC(=O)/C=C/c3cccc([N+](=O)[O-])c3)n2)c1. The third kappa shape index (κ3) is 4.77. The molecule has 1 heterocycles. The van der Waals surface area contributed by atoms with Crippen molar-refractivity contribution in [3.8, 4) is 17.0 Å². The zero-order chi connectivity index (χ0) is 19.2. The van der Waals surface area contributed by atoms with Crippen molar-refractivity contribution in [3.05, 3.63) is 75.7 Å². The number of aromatic nitrogens is 1. The van der Waals surface area contributed by atoms with E-state index in [9.17, 15) is 14.9 Å². The van der Waals surface area contributed by atoms with Gasteiger partial charge in [0.1, 0.15) is 5.75 Å². The molecule has 27 heavy (non-hydrogen) atoms. The second-order valence-corrected chi connectivity index (χ2v) is 6.30. The minimum absolute atomic E-state index is 0.0274. The van der Waals surface area contributed by atoms with Gasteiger partial charge in [0.15, 0.2) is 5.13 Å². The number of methoxy groups -OCH3 is 1. The second-order valence-electron chi connectivity index (χ2n) is 5.44. The molecule has 0 fully saturated rings. The number of thiazole rings is 1. The highest BCUT2D eigenvalue weighted by molar-refractivity contribution is 7.14. The summed E-state index contributed by atoms with van der Waals surface area (Å²) < 4.78 is 5.20. The van der Waals surface area contributed by atoms with Crippen molar-refractivity contribution in [2.24, 2.45) is 0 Å². The average Bonchev–Trinajstić information content (AvgIpc) is 3.15. The maximum absolute atomic E-state index is 12.1. The number of amides is 1. The van der Waals surface area contributed by atoms with E-state index in [0.29, 0.717) is 10.7 Å². The first-order valence-electron chi connectivity index (χ1n) is 7.88. The molecule has 1 amide bonds. The van der Waals surface area contributed by atoms with Crippen LogP contribution in [0.25, 0.3) is 17.3 Å². The van der Waals surface area contributed by atoms with Crippen molar-refractivity contribution < 1.29 is 14.5 Å². The molecule has 0 spiro atoms. The fraction of sp³-hybridized carbons (Fsp3) is 0.0526. The Kier molecular flexibility index (Phi) is 5.58. The van der Waals surface area contributed by atoms with E-state index in [1.165, 1.54) is 35.6 Å². The highest BCUT2D eigenvalue weighted by atomic mass is 32.1. The zero-order valence-electron chi connectivity index (χ0n) is 14.3. The molecular formula is C19H15N3O4S. The fourth-order valence-corrected chi connectivity index (χ4v) is 3.03. The quantitative estimate of drug-likeness (QED) is 0.388. The maximum Gasteiger partial charge on any atom is 0.270 e. The van der Waals surface area contributed by atoms with E-state index in [1.54, 1.807) is 19.2 Å². The molecule has 2 aromatic carbocycles. The van der Waals surface area contributed by atoms with Crippen LogP contribution in [0, 0.1) is 10.1 Å². The number of nitrogens with zero attached hydrogens (tertiary/aromatic N) is 2. The number of carbonyl (C=O) groups excluding carboxylic acids is 1. The molecule has 1 aromatic heterocycles. The molecule has 0 aliphatic heterocycles. The number of non-ortho nitro benzene ring substituents is 1. The predicted molar refractivity (Wildman–Crippen MR) is 105 cm³/mol. The van der Waals surface area contributed by atoms with E-state index in [0.717, 1.165) is 17.0 Å². The van der Waals surface area contributed by atoms with Gasteiger partial charge in [-0.25, -0.2) is 4.98 Å². The van der Waals surface area contributed by atoms with Crippen molar-refractivity contribution in [1.82, 2.24) is 4.98 Å². The van der Waals surface area contributed by atoms with Crippen molar-refractivity contribution in [3.63, 3.8) is 0 Å². The number of nitro benzene ring substituents is 1. The third-order valence-electron chi connectivity index (χ3n) is 3.61. The lowest BCUT2D eigenvalue weighted by Gasteiger charge is -2.01. The number of carbonyl (C=O) groups is 1. The average molecular weight is 381 g/mol. The molecule has 136 valence electrons. The van der Waals surface area contributed by atoms with Gasteiger partial charge in [-0.3, -0.25) is 20.2 Å². The Morgan fingerprint density at radius 3 is 2.85 bits per heavy atom. The molecule has 0 bridgehead atoms. The Bertz CT molecular complexity index is 1010. The molecule has 1 N–H and O–H groups in total. The molecule has 0 saturated heterocycles. The van der Waals surface area contributed by atoms with Crippen molar-refractivity contribution in [1.29, 1.82) is 0 Å². The van der Waals surface area contributed by atoms with Crippen LogP contribution in [0.15, 0.2) is 60.0 Å². The number of rotatable bonds is 6. The molecular weight excluding hydrogens is 366 g/mol.